The van der Waals surface area contributed by atoms with E-state index >= 15 is 0 Å². The van der Waals surface area contributed by atoms with Crippen molar-refractivity contribution in [3.63, 3.8) is 0 Å². The number of oxazole rings is 1. The molecule has 1 fully saturated rings. The van der Waals surface area contributed by atoms with Gasteiger partial charge in [-0.2, -0.15) is 0 Å². The molecule has 7 nitrogen and oxygen atoms in total. The van der Waals surface area contributed by atoms with E-state index < -0.39 is 0 Å². The summed E-state index contributed by atoms with van der Waals surface area (Å²) in [6.07, 6.45) is 6.62. The van der Waals surface area contributed by atoms with Crippen LogP contribution in [0, 0.1) is 6.92 Å². The molecule has 1 aliphatic carbocycles. The van der Waals surface area contributed by atoms with Crippen molar-refractivity contribution in [2.24, 2.45) is 0 Å². The van der Waals surface area contributed by atoms with Gasteiger partial charge >= 0.3 is 6.03 Å². The minimum absolute atomic E-state index is 0.0643. The number of carbonyl (C=O) groups is 2. The van der Waals surface area contributed by atoms with Crippen LogP contribution in [0.15, 0.2) is 59.2 Å². The molecule has 7 heteroatoms. The Hall–Kier alpha value is -3.61. The van der Waals surface area contributed by atoms with Crippen LogP contribution in [0.3, 0.4) is 0 Å². The first-order valence-electron chi connectivity index (χ1n) is 11.0. The van der Waals surface area contributed by atoms with Crippen LogP contribution in [0.5, 0.6) is 0 Å². The number of hydrogen-bond acceptors (Lipinski definition) is 4. The zero-order chi connectivity index (χ0) is 22.3. The smallest absolute Gasteiger partial charge is 0.319 e. The lowest BCUT2D eigenvalue weighted by Gasteiger charge is -2.12. The molecule has 2 aromatic carbocycles. The molecule has 0 atom stereocenters. The molecule has 0 bridgehead atoms. The van der Waals surface area contributed by atoms with E-state index in [-0.39, 0.29) is 18.0 Å². The zero-order valence-electron chi connectivity index (χ0n) is 18.2. The predicted octanol–water partition coefficient (Wildman–Crippen LogP) is 4.69. The van der Waals surface area contributed by atoms with Crippen LogP contribution in [0.1, 0.15) is 47.3 Å². The Balaban J connectivity index is 1.21. The Kier molecular flexibility index (Phi) is 6.84. The molecule has 0 radical (unpaired) electrons. The number of nitrogens with zero attached hydrogens (tertiary/aromatic N) is 1. The highest BCUT2D eigenvalue weighted by Crippen LogP contribution is 2.20. The van der Waals surface area contributed by atoms with Crippen LogP contribution in [-0.4, -0.2) is 29.5 Å². The van der Waals surface area contributed by atoms with E-state index in [4.69, 9.17) is 4.42 Å². The second-order valence-corrected chi connectivity index (χ2v) is 8.17. The summed E-state index contributed by atoms with van der Waals surface area (Å²) in [6, 6.07) is 14.9. The highest BCUT2D eigenvalue weighted by Gasteiger charge is 2.17. The maximum Gasteiger partial charge on any atom is 0.319 e. The van der Waals surface area contributed by atoms with Gasteiger partial charge in [-0.25, -0.2) is 9.78 Å². The van der Waals surface area contributed by atoms with Crippen molar-refractivity contribution in [2.45, 2.75) is 45.1 Å². The predicted molar refractivity (Wildman–Crippen MR) is 124 cm³/mol. The molecule has 4 rings (SSSR count). The molecule has 32 heavy (non-hydrogen) atoms. The van der Waals surface area contributed by atoms with E-state index in [2.05, 4.69) is 20.9 Å². The number of anilines is 1. The summed E-state index contributed by atoms with van der Waals surface area (Å²) in [4.78, 5) is 28.9. The summed E-state index contributed by atoms with van der Waals surface area (Å²) in [5, 5.41) is 8.65. The quantitative estimate of drug-likeness (QED) is 0.505. The van der Waals surface area contributed by atoms with E-state index in [0.717, 1.165) is 24.1 Å². The van der Waals surface area contributed by atoms with Gasteiger partial charge in [0, 0.05) is 35.8 Å². The monoisotopic (exact) mass is 432 g/mol. The van der Waals surface area contributed by atoms with Crippen LogP contribution >= 0.6 is 0 Å². The molecule has 0 saturated heterocycles. The number of rotatable bonds is 7. The van der Waals surface area contributed by atoms with E-state index in [0.29, 0.717) is 30.1 Å². The average Bonchev–Trinajstić information content (AvgIpc) is 3.47. The second kappa shape index (κ2) is 10.1. The van der Waals surface area contributed by atoms with Crippen molar-refractivity contribution < 1.29 is 14.0 Å². The van der Waals surface area contributed by atoms with Gasteiger partial charge in [-0.05, 0) is 56.2 Å². The van der Waals surface area contributed by atoms with Gasteiger partial charge < -0.3 is 20.4 Å². The van der Waals surface area contributed by atoms with Gasteiger partial charge in [-0.3, -0.25) is 4.79 Å². The third-order valence-corrected chi connectivity index (χ3v) is 5.61. The van der Waals surface area contributed by atoms with Crippen LogP contribution in [0.2, 0.25) is 0 Å². The minimum atomic E-state index is -0.310. The Bertz CT molecular complexity index is 1050. The molecule has 1 aliphatic rings. The number of nitrogens with one attached hydrogen (secondary N) is 3. The lowest BCUT2D eigenvalue weighted by Crippen LogP contribution is -2.32. The van der Waals surface area contributed by atoms with Gasteiger partial charge in [0.15, 0.2) is 0 Å². The summed E-state index contributed by atoms with van der Waals surface area (Å²) < 4.78 is 5.54. The summed E-state index contributed by atoms with van der Waals surface area (Å²) in [5.41, 5.74) is 4.10. The summed E-state index contributed by atoms with van der Waals surface area (Å²) in [7, 11) is 0. The van der Waals surface area contributed by atoms with Crippen molar-refractivity contribution in [3.8, 4) is 11.5 Å². The van der Waals surface area contributed by atoms with Crippen LogP contribution in [0.25, 0.3) is 11.5 Å². The van der Waals surface area contributed by atoms with E-state index in [1.165, 1.54) is 18.4 Å². The molecule has 0 aliphatic heterocycles. The molecule has 166 valence electrons. The summed E-state index contributed by atoms with van der Waals surface area (Å²) >= 11 is 0. The molecular formula is C25H28N4O3. The van der Waals surface area contributed by atoms with E-state index in [1.807, 2.05) is 31.2 Å². The molecular weight excluding hydrogens is 404 g/mol. The highest BCUT2D eigenvalue weighted by molar-refractivity contribution is 5.95. The van der Waals surface area contributed by atoms with Crippen molar-refractivity contribution in [1.29, 1.82) is 0 Å². The van der Waals surface area contributed by atoms with Crippen molar-refractivity contribution in [3.05, 3.63) is 71.6 Å². The summed E-state index contributed by atoms with van der Waals surface area (Å²) in [5.74, 6) is 0.507. The topological polar surface area (TPSA) is 96.3 Å². The maximum atomic E-state index is 12.3. The van der Waals surface area contributed by atoms with Gasteiger partial charge in [0.1, 0.15) is 6.26 Å². The van der Waals surface area contributed by atoms with Gasteiger partial charge in [0.05, 0.1) is 5.69 Å². The van der Waals surface area contributed by atoms with Gasteiger partial charge in [0.25, 0.3) is 5.91 Å². The molecule has 1 saturated carbocycles. The average molecular weight is 433 g/mol. The molecule has 3 amide bonds. The largest absolute Gasteiger partial charge is 0.444 e. The number of aromatic nitrogens is 1. The number of aryl methyl sites for hydroxylation is 1. The Morgan fingerprint density at radius 2 is 1.75 bits per heavy atom. The lowest BCUT2D eigenvalue weighted by atomic mass is 10.1. The molecule has 1 aromatic heterocycles. The second-order valence-electron chi connectivity index (χ2n) is 8.17. The van der Waals surface area contributed by atoms with Crippen LogP contribution in [-0.2, 0) is 6.42 Å². The van der Waals surface area contributed by atoms with Crippen LogP contribution < -0.4 is 16.0 Å². The van der Waals surface area contributed by atoms with Gasteiger partial charge in [0.2, 0.25) is 5.89 Å². The fourth-order valence-corrected chi connectivity index (χ4v) is 3.77. The SMILES string of the molecule is Cc1ccc(-c2nc(CCNC(=O)Nc3ccc(C(=O)NC4CCCC4)cc3)co2)cc1. The number of hydrogen-bond donors (Lipinski definition) is 3. The Morgan fingerprint density at radius 3 is 2.47 bits per heavy atom. The standard InChI is InChI=1S/C25H28N4O3/c1-17-6-8-19(9-7-17)24-28-22(16-32-24)14-15-26-25(31)29-21-12-10-18(11-13-21)23(30)27-20-4-2-3-5-20/h6-13,16,20H,2-5,14-15H2,1H3,(H,27,30)(H2,26,29,31). The van der Waals surface area contributed by atoms with E-state index in [9.17, 15) is 9.59 Å². The first-order chi connectivity index (χ1) is 15.6. The fraction of sp³-hybridized carbons (Fsp3) is 0.320. The minimum Gasteiger partial charge on any atom is -0.444 e. The number of urea groups is 1. The van der Waals surface area contributed by atoms with E-state index in [1.54, 1.807) is 30.5 Å². The number of benzene rings is 2. The maximum absolute atomic E-state index is 12.3. The first kappa shape index (κ1) is 21.6. The van der Waals surface area contributed by atoms with Crippen molar-refractivity contribution >= 4 is 17.6 Å². The Morgan fingerprint density at radius 1 is 1.03 bits per heavy atom. The highest BCUT2D eigenvalue weighted by atomic mass is 16.3. The molecule has 0 unspecified atom stereocenters. The van der Waals surface area contributed by atoms with Crippen molar-refractivity contribution in [1.82, 2.24) is 15.6 Å². The molecule has 0 spiro atoms. The number of amides is 3. The first-order valence-corrected chi connectivity index (χ1v) is 11.0. The molecule has 3 aromatic rings. The number of carbonyl (C=O) groups excluding carboxylic acids is 2. The third-order valence-electron chi connectivity index (χ3n) is 5.61. The van der Waals surface area contributed by atoms with Gasteiger partial charge in [-0.15, -0.1) is 0 Å². The Labute approximate surface area is 187 Å². The lowest BCUT2D eigenvalue weighted by molar-refractivity contribution is 0.0938. The fourth-order valence-electron chi connectivity index (χ4n) is 3.77. The summed E-state index contributed by atoms with van der Waals surface area (Å²) in [6.45, 7) is 2.46. The zero-order valence-corrected chi connectivity index (χ0v) is 18.2. The normalized spacial score (nSPS) is 13.7. The third kappa shape index (κ3) is 5.75. The molecule has 1 heterocycles. The molecule has 3 N–H and O–H groups in total. The van der Waals surface area contributed by atoms with Crippen LogP contribution in [0.4, 0.5) is 10.5 Å². The van der Waals surface area contributed by atoms with Crippen molar-refractivity contribution in [2.75, 3.05) is 11.9 Å². The van der Waals surface area contributed by atoms with Gasteiger partial charge in [-0.1, -0.05) is 30.5 Å².